The lowest BCUT2D eigenvalue weighted by Crippen LogP contribution is -2.39. The van der Waals surface area contributed by atoms with Crippen LogP contribution >= 0.6 is 0 Å². The summed E-state index contributed by atoms with van der Waals surface area (Å²) in [7, 11) is 1.59. The molecule has 27 heavy (non-hydrogen) atoms. The van der Waals surface area contributed by atoms with Crippen LogP contribution in [0, 0.1) is 0 Å². The van der Waals surface area contributed by atoms with E-state index >= 15 is 0 Å². The number of primary amides is 1. The van der Waals surface area contributed by atoms with Crippen molar-refractivity contribution in [1.29, 1.82) is 0 Å². The first-order valence-corrected chi connectivity index (χ1v) is 8.64. The van der Waals surface area contributed by atoms with Crippen molar-refractivity contribution in [3.63, 3.8) is 0 Å². The van der Waals surface area contributed by atoms with Gasteiger partial charge in [-0.3, -0.25) is 19.3 Å². The number of hydrogen-bond acceptors (Lipinski definition) is 5. The van der Waals surface area contributed by atoms with Gasteiger partial charge in [-0.1, -0.05) is 12.1 Å². The average Bonchev–Trinajstić information content (AvgIpc) is 2.93. The number of benzene rings is 2. The van der Waals surface area contributed by atoms with Crippen molar-refractivity contribution in [3.8, 4) is 5.75 Å². The van der Waals surface area contributed by atoms with Crippen molar-refractivity contribution < 1.29 is 19.1 Å². The Bertz CT molecular complexity index is 829. The van der Waals surface area contributed by atoms with Crippen LogP contribution in [0.1, 0.15) is 27.1 Å². The van der Waals surface area contributed by atoms with E-state index in [2.05, 4.69) is 0 Å². The van der Waals surface area contributed by atoms with Crippen LogP contribution < -0.4 is 15.4 Å². The van der Waals surface area contributed by atoms with Crippen molar-refractivity contribution in [2.75, 3.05) is 31.6 Å². The van der Waals surface area contributed by atoms with E-state index in [1.54, 1.807) is 31.4 Å². The lowest BCUT2D eigenvalue weighted by Gasteiger charge is -2.26. The van der Waals surface area contributed by atoms with Gasteiger partial charge in [0.1, 0.15) is 5.75 Å². The zero-order chi connectivity index (χ0) is 19.4. The maximum atomic E-state index is 12.5. The normalized spacial score (nSPS) is 12.9. The summed E-state index contributed by atoms with van der Waals surface area (Å²) in [6.45, 7) is 1.01. The third-order valence-electron chi connectivity index (χ3n) is 4.54. The van der Waals surface area contributed by atoms with Crippen LogP contribution in [0.2, 0.25) is 0 Å². The molecule has 2 N–H and O–H groups in total. The number of anilines is 1. The summed E-state index contributed by atoms with van der Waals surface area (Å²) in [5.74, 6) is -0.274. The number of imide groups is 1. The molecular formula is C20H21N3O4. The number of rotatable bonds is 8. The molecule has 2 aromatic rings. The zero-order valence-corrected chi connectivity index (χ0v) is 15.1. The molecule has 0 bridgehead atoms. The van der Waals surface area contributed by atoms with E-state index < -0.39 is 5.91 Å². The number of carbonyl (C=O) groups is 3. The fraction of sp³-hybridized carbons (Fsp3) is 0.250. The van der Waals surface area contributed by atoms with E-state index in [9.17, 15) is 14.4 Å². The molecule has 3 amide bonds. The molecule has 0 fully saturated rings. The SMILES string of the molecule is COc1ccc(N(CCC(N)=O)CCN2C(=O)c3ccccc3C2=O)cc1. The van der Waals surface area contributed by atoms with Crippen LogP contribution in [0.15, 0.2) is 48.5 Å². The molecule has 0 aromatic heterocycles. The van der Waals surface area contributed by atoms with E-state index in [1.165, 1.54) is 4.90 Å². The standard InChI is InChI=1S/C20H21N3O4/c1-27-15-8-6-14(7-9-15)22(11-10-18(21)24)12-13-23-19(25)16-4-2-3-5-17(16)20(23)26/h2-9H,10-13H2,1H3,(H2,21,24). The Morgan fingerprint density at radius 1 is 1.00 bits per heavy atom. The molecule has 0 saturated carbocycles. The highest BCUT2D eigenvalue weighted by Gasteiger charge is 2.34. The third kappa shape index (κ3) is 3.92. The predicted octanol–water partition coefficient (Wildman–Crippen LogP) is 1.67. The van der Waals surface area contributed by atoms with E-state index in [1.807, 2.05) is 29.2 Å². The molecule has 0 unspecified atom stereocenters. The molecule has 1 heterocycles. The minimum Gasteiger partial charge on any atom is -0.497 e. The van der Waals surface area contributed by atoms with Gasteiger partial charge in [-0.05, 0) is 36.4 Å². The Kier molecular flexibility index (Phi) is 5.40. The van der Waals surface area contributed by atoms with Crippen molar-refractivity contribution in [2.45, 2.75) is 6.42 Å². The minimum atomic E-state index is -0.408. The Morgan fingerprint density at radius 3 is 2.11 bits per heavy atom. The molecule has 0 saturated heterocycles. The van der Waals surface area contributed by atoms with Gasteiger partial charge in [0.2, 0.25) is 5.91 Å². The van der Waals surface area contributed by atoms with Gasteiger partial charge in [0.25, 0.3) is 11.8 Å². The maximum Gasteiger partial charge on any atom is 0.261 e. The monoisotopic (exact) mass is 367 g/mol. The number of carbonyl (C=O) groups excluding carboxylic acids is 3. The number of nitrogens with two attached hydrogens (primary N) is 1. The largest absolute Gasteiger partial charge is 0.497 e. The number of methoxy groups -OCH3 is 1. The molecular weight excluding hydrogens is 346 g/mol. The van der Waals surface area contributed by atoms with Crippen molar-refractivity contribution in [1.82, 2.24) is 4.90 Å². The Hall–Kier alpha value is -3.35. The number of nitrogens with zero attached hydrogens (tertiary/aromatic N) is 2. The second-order valence-electron chi connectivity index (χ2n) is 6.21. The summed E-state index contributed by atoms with van der Waals surface area (Å²) in [5.41, 5.74) is 6.99. The van der Waals surface area contributed by atoms with Gasteiger partial charge < -0.3 is 15.4 Å². The predicted molar refractivity (Wildman–Crippen MR) is 101 cm³/mol. The van der Waals surface area contributed by atoms with E-state index in [0.717, 1.165) is 5.69 Å². The van der Waals surface area contributed by atoms with Gasteiger partial charge >= 0.3 is 0 Å². The summed E-state index contributed by atoms with van der Waals surface area (Å²) in [6, 6.07) is 14.1. The van der Waals surface area contributed by atoms with Crippen LogP contribution in [-0.4, -0.2) is 49.4 Å². The van der Waals surface area contributed by atoms with Crippen LogP contribution in [0.5, 0.6) is 5.75 Å². The first kappa shape index (κ1) is 18.4. The summed E-state index contributed by atoms with van der Waals surface area (Å²) < 4.78 is 5.16. The maximum absolute atomic E-state index is 12.5. The van der Waals surface area contributed by atoms with Gasteiger partial charge in [-0.15, -0.1) is 0 Å². The molecule has 1 aliphatic heterocycles. The molecule has 2 aromatic carbocycles. The molecule has 3 rings (SSSR count). The molecule has 7 nitrogen and oxygen atoms in total. The molecule has 1 aliphatic rings. The van der Waals surface area contributed by atoms with Crippen LogP contribution in [-0.2, 0) is 4.79 Å². The van der Waals surface area contributed by atoms with E-state index in [0.29, 0.717) is 30.0 Å². The highest BCUT2D eigenvalue weighted by atomic mass is 16.5. The average molecular weight is 367 g/mol. The second-order valence-corrected chi connectivity index (χ2v) is 6.21. The van der Waals surface area contributed by atoms with Crippen LogP contribution in [0.25, 0.3) is 0 Å². The fourth-order valence-corrected chi connectivity index (χ4v) is 3.07. The lowest BCUT2D eigenvalue weighted by molar-refractivity contribution is -0.117. The zero-order valence-electron chi connectivity index (χ0n) is 15.1. The Balaban J connectivity index is 1.73. The second kappa shape index (κ2) is 7.90. The Morgan fingerprint density at radius 2 is 1.59 bits per heavy atom. The molecule has 0 atom stereocenters. The summed E-state index contributed by atoms with van der Waals surface area (Å²) in [6.07, 6.45) is 0.175. The molecule has 0 aliphatic carbocycles. The van der Waals surface area contributed by atoms with Gasteiger partial charge in [0, 0.05) is 31.7 Å². The summed E-state index contributed by atoms with van der Waals surface area (Å²) in [4.78, 5) is 39.4. The lowest BCUT2D eigenvalue weighted by atomic mass is 10.1. The van der Waals surface area contributed by atoms with Crippen molar-refractivity contribution in [2.24, 2.45) is 5.73 Å². The number of amides is 3. The third-order valence-corrected chi connectivity index (χ3v) is 4.54. The molecule has 0 spiro atoms. The highest BCUT2D eigenvalue weighted by Crippen LogP contribution is 2.23. The molecule has 7 heteroatoms. The van der Waals surface area contributed by atoms with Gasteiger partial charge in [-0.25, -0.2) is 0 Å². The smallest absolute Gasteiger partial charge is 0.261 e. The van der Waals surface area contributed by atoms with E-state index in [4.69, 9.17) is 10.5 Å². The fourth-order valence-electron chi connectivity index (χ4n) is 3.07. The number of ether oxygens (including phenoxy) is 1. The number of fused-ring (bicyclic) bond motifs is 1. The topological polar surface area (TPSA) is 92.9 Å². The van der Waals surface area contributed by atoms with Crippen LogP contribution in [0.4, 0.5) is 5.69 Å². The Labute approximate surface area is 157 Å². The summed E-state index contributed by atoms with van der Waals surface area (Å²) >= 11 is 0. The summed E-state index contributed by atoms with van der Waals surface area (Å²) in [5, 5.41) is 0. The quantitative estimate of drug-likeness (QED) is 0.717. The van der Waals surface area contributed by atoms with Gasteiger partial charge in [0.15, 0.2) is 0 Å². The minimum absolute atomic E-state index is 0.175. The van der Waals surface area contributed by atoms with E-state index in [-0.39, 0.29) is 24.8 Å². The number of hydrogen-bond donors (Lipinski definition) is 1. The van der Waals surface area contributed by atoms with Gasteiger partial charge in [-0.2, -0.15) is 0 Å². The van der Waals surface area contributed by atoms with Crippen LogP contribution in [0.3, 0.4) is 0 Å². The van der Waals surface area contributed by atoms with Gasteiger partial charge in [0.05, 0.1) is 18.2 Å². The highest BCUT2D eigenvalue weighted by molar-refractivity contribution is 6.21. The van der Waals surface area contributed by atoms with Crippen molar-refractivity contribution >= 4 is 23.4 Å². The first-order chi connectivity index (χ1) is 13.0. The first-order valence-electron chi connectivity index (χ1n) is 8.64. The molecule has 140 valence electrons. The molecule has 0 radical (unpaired) electrons. The van der Waals surface area contributed by atoms with Crippen molar-refractivity contribution in [3.05, 3.63) is 59.7 Å².